The SMILES string of the molecule is C=CCn1cc(Cc2c(O)n(-c3c(Cl)cccc3Cl)c3ccccc23)c2ccccc21. The summed E-state index contributed by atoms with van der Waals surface area (Å²) in [6, 6.07) is 21.6. The Balaban J connectivity index is 1.74. The Kier molecular flexibility index (Phi) is 5.01. The van der Waals surface area contributed by atoms with Crippen LogP contribution < -0.4 is 0 Å². The van der Waals surface area contributed by atoms with E-state index in [0.29, 0.717) is 22.2 Å². The monoisotopic (exact) mass is 446 g/mol. The zero-order valence-electron chi connectivity index (χ0n) is 16.7. The van der Waals surface area contributed by atoms with E-state index in [2.05, 4.69) is 29.5 Å². The van der Waals surface area contributed by atoms with Gasteiger partial charge < -0.3 is 9.67 Å². The van der Waals surface area contributed by atoms with Gasteiger partial charge in [-0.3, -0.25) is 4.57 Å². The van der Waals surface area contributed by atoms with Gasteiger partial charge in [-0.2, -0.15) is 0 Å². The van der Waals surface area contributed by atoms with Crippen LogP contribution in [0.2, 0.25) is 10.0 Å². The predicted molar refractivity (Wildman–Crippen MR) is 130 cm³/mol. The van der Waals surface area contributed by atoms with Crippen molar-refractivity contribution >= 4 is 45.0 Å². The zero-order valence-corrected chi connectivity index (χ0v) is 18.2. The van der Waals surface area contributed by atoms with Gasteiger partial charge in [-0.15, -0.1) is 6.58 Å². The summed E-state index contributed by atoms with van der Waals surface area (Å²) in [6.45, 7) is 4.60. The maximum absolute atomic E-state index is 11.4. The fourth-order valence-corrected chi connectivity index (χ4v) is 4.91. The lowest BCUT2D eigenvalue weighted by molar-refractivity contribution is 0.440. The van der Waals surface area contributed by atoms with Crippen molar-refractivity contribution in [1.29, 1.82) is 0 Å². The quantitative estimate of drug-likeness (QED) is 0.280. The summed E-state index contributed by atoms with van der Waals surface area (Å²) >= 11 is 13.0. The average molecular weight is 447 g/mol. The molecular formula is C26H20Cl2N2O. The van der Waals surface area contributed by atoms with Crippen molar-refractivity contribution < 1.29 is 5.11 Å². The van der Waals surface area contributed by atoms with Crippen molar-refractivity contribution in [3.8, 4) is 11.6 Å². The molecule has 154 valence electrons. The second kappa shape index (κ2) is 7.84. The normalized spacial score (nSPS) is 11.4. The number of aromatic hydroxyl groups is 1. The molecule has 0 fully saturated rings. The van der Waals surface area contributed by atoms with Crippen LogP contribution in [0.3, 0.4) is 0 Å². The number of nitrogens with zero attached hydrogens (tertiary/aromatic N) is 2. The van der Waals surface area contributed by atoms with E-state index in [1.54, 1.807) is 22.8 Å². The summed E-state index contributed by atoms with van der Waals surface area (Å²) < 4.78 is 3.93. The Labute approximate surface area is 190 Å². The van der Waals surface area contributed by atoms with Gasteiger partial charge in [0.05, 0.1) is 21.2 Å². The smallest absolute Gasteiger partial charge is 0.200 e. The molecule has 0 radical (unpaired) electrons. The maximum atomic E-state index is 11.4. The van der Waals surface area contributed by atoms with Crippen molar-refractivity contribution in [3.05, 3.63) is 107 Å². The zero-order chi connectivity index (χ0) is 21.5. The first kappa shape index (κ1) is 19.8. The lowest BCUT2D eigenvalue weighted by atomic mass is 10.0. The highest BCUT2D eigenvalue weighted by Gasteiger charge is 2.22. The molecular weight excluding hydrogens is 427 g/mol. The van der Waals surface area contributed by atoms with Crippen LogP contribution in [0, 0.1) is 0 Å². The molecule has 0 unspecified atom stereocenters. The topological polar surface area (TPSA) is 30.1 Å². The van der Waals surface area contributed by atoms with E-state index in [0.717, 1.165) is 39.5 Å². The molecule has 0 amide bonds. The van der Waals surface area contributed by atoms with Crippen LogP contribution in [0.25, 0.3) is 27.5 Å². The van der Waals surface area contributed by atoms with Crippen LogP contribution in [-0.2, 0) is 13.0 Å². The van der Waals surface area contributed by atoms with Gasteiger partial charge in [0.15, 0.2) is 5.88 Å². The molecule has 0 aliphatic rings. The van der Waals surface area contributed by atoms with Gasteiger partial charge in [-0.25, -0.2) is 0 Å². The summed E-state index contributed by atoms with van der Waals surface area (Å²) in [5.41, 5.74) is 4.57. The third-order valence-electron chi connectivity index (χ3n) is 5.68. The first-order valence-electron chi connectivity index (χ1n) is 10.0. The first-order valence-corrected chi connectivity index (χ1v) is 10.8. The molecule has 0 spiro atoms. The Bertz CT molecular complexity index is 1420. The van der Waals surface area contributed by atoms with Gasteiger partial charge in [0, 0.05) is 41.0 Å². The third kappa shape index (κ3) is 3.21. The second-order valence-electron chi connectivity index (χ2n) is 7.51. The highest BCUT2D eigenvalue weighted by Crippen LogP contribution is 2.41. The molecule has 5 aromatic rings. The molecule has 0 aliphatic carbocycles. The van der Waals surface area contributed by atoms with E-state index < -0.39 is 0 Å². The number of rotatable bonds is 5. The minimum atomic E-state index is 0.150. The van der Waals surface area contributed by atoms with Crippen LogP contribution in [-0.4, -0.2) is 14.2 Å². The molecule has 5 rings (SSSR count). The van der Waals surface area contributed by atoms with Gasteiger partial charge in [-0.05, 0) is 29.8 Å². The Morgan fingerprint density at radius 2 is 1.48 bits per heavy atom. The Hall–Kier alpha value is -3.14. The number of fused-ring (bicyclic) bond motifs is 2. The van der Waals surface area contributed by atoms with E-state index in [4.69, 9.17) is 23.2 Å². The highest BCUT2D eigenvalue weighted by molar-refractivity contribution is 6.38. The summed E-state index contributed by atoms with van der Waals surface area (Å²) in [4.78, 5) is 0. The average Bonchev–Trinajstić information content (AvgIpc) is 3.25. The standard InChI is InChI=1S/C26H20Cl2N2O/c1-2-14-29-16-17(18-8-3-5-12-23(18)29)15-20-19-9-4-6-13-24(19)30(26(20)31)25-21(27)10-7-11-22(25)28/h2-13,16,31H,1,14-15H2. The third-order valence-corrected chi connectivity index (χ3v) is 6.29. The number of halogens is 2. The van der Waals surface area contributed by atoms with E-state index in [-0.39, 0.29) is 5.88 Å². The number of para-hydroxylation sites is 3. The van der Waals surface area contributed by atoms with Crippen molar-refractivity contribution in [2.24, 2.45) is 0 Å². The molecule has 0 bridgehead atoms. The maximum Gasteiger partial charge on any atom is 0.200 e. The molecule has 5 heteroatoms. The molecule has 31 heavy (non-hydrogen) atoms. The molecule has 3 nitrogen and oxygen atoms in total. The fourth-order valence-electron chi connectivity index (χ4n) is 4.34. The van der Waals surface area contributed by atoms with Gasteiger partial charge in [0.1, 0.15) is 0 Å². The number of aromatic nitrogens is 2. The molecule has 0 saturated heterocycles. The molecule has 3 aromatic carbocycles. The number of benzene rings is 3. The molecule has 2 aromatic heterocycles. The van der Waals surface area contributed by atoms with E-state index in [1.807, 2.05) is 42.5 Å². The van der Waals surface area contributed by atoms with Gasteiger partial charge in [-0.1, -0.05) is 71.7 Å². The second-order valence-corrected chi connectivity index (χ2v) is 8.33. The first-order chi connectivity index (χ1) is 15.1. The molecule has 2 heterocycles. The Morgan fingerprint density at radius 1 is 0.839 bits per heavy atom. The summed E-state index contributed by atoms with van der Waals surface area (Å²) in [5, 5.41) is 14.5. The summed E-state index contributed by atoms with van der Waals surface area (Å²) in [6.07, 6.45) is 4.60. The van der Waals surface area contributed by atoms with Gasteiger partial charge in [0.25, 0.3) is 0 Å². The molecule has 0 saturated carbocycles. The van der Waals surface area contributed by atoms with Crippen molar-refractivity contribution in [2.75, 3.05) is 0 Å². The van der Waals surface area contributed by atoms with Gasteiger partial charge >= 0.3 is 0 Å². The lowest BCUT2D eigenvalue weighted by Crippen LogP contribution is -1.96. The van der Waals surface area contributed by atoms with Crippen LogP contribution >= 0.6 is 23.2 Å². The summed E-state index contributed by atoms with van der Waals surface area (Å²) in [5.74, 6) is 0.150. The number of allylic oxidation sites excluding steroid dienone is 1. The van der Waals surface area contributed by atoms with E-state index >= 15 is 0 Å². The van der Waals surface area contributed by atoms with E-state index in [1.165, 1.54) is 0 Å². The van der Waals surface area contributed by atoms with Gasteiger partial charge in [0.2, 0.25) is 0 Å². The minimum absolute atomic E-state index is 0.150. The number of hydrogen-bond donors (Lipinski definition) is 1. The van der Waals surface area contributed by atoms with Crippen LogP contribution in [0.4, 0.5) is 0 Å². The number of hydrogen-bond acceptors (Lipinski definition) is 1. The fraction of sp³-hybridized carbons (Fsp3) is 0.0769. The molecule has 0 atom stereocenters. The Morgan fingerprint density at radius 3 is 2.19 bits per heavy atom. The predicted octanol–water partition coefficient (Wildman–Crippen LogP) is 7.37. The van der Waals surface area contributed by atoms with Crippen LogP contribution in [0.5, 0.6) is 5.88 Å². The lowest BCUT2D eigenvalue weighted by Gasteiger charge is -2.11. The van der Waals surface area contributed by atoms with Crippen molar-refractivity contribution in [2.45, 2.75) is 13.0 Å². The van der Waals surface area contributed by atoms with Crippen LogP contribution in [0.1, 0.15) is 11.1 Å². The summed E-state index contributed by atoms with van der Waals surface area (Å²) in [7, 11) is 0. The molecule has 1 N–H and O–H groups in total. The van der Waals surface area contributed by atoms with E-state index in [9.17, 15) is 5.11 Å². The van der Waals surface area contributed by atoms with Crippen molar-refractivity contribution in [3.63, 3.8) is 0 Å². The largest absolute Gasteiger partial charge is 0.494 e. The van der Waals surface area contributed by atoms with Crippen LogP contribution in [0.15, 0.2) is 85.6 Å². The molecule has 0 aliphatic heterocycles. The highest BCUT2D eigenvalue weighted by atomic mass is 35.5. The van der Waals surface area contributed by atoms with Crippen molar-refractivity contribution in [1.82, 2.24) is 9.13 Å². The minimum Gasteiger partial charge on any atom is -0.494 e.